The van der Waals surface area contributed by atoms with Gasteiger partial charge in [-0.2, -0.15) is 0 Å². The molecule has 0 aliphatic carbocycles. The van der Waals surface area contributed by atoms with Gasteiger partial charge in [0.25, 0.3) is 5.91 Å². The molecule has 9 nitrogen and oxygen atoms in total. The Balaban J connectivity index is 1.37. The van der Waals surface area contributed by atoms with Gasteiger partial charge in [-0.1, -0.05) is 29.7 Å². The Kier molecular flexibility index (Phi) is 10.1. The maximum absolute atomic E-state index is 15.2. The summed E-state index contributed by atoms with van der Waals surface area (Å²) in [6, 6.07) is 11.8. The van der Waals surface area contributed by atoms with Crippen LogP contribution in [0.5, 0.6) is 11.5 Å². The third-order valence-electron chi connectivity index (χ3n) is 7.04. The average Bonchev–Trinajstić information content (AvgIpc) is 3.00. The maximum Gasteiger partial charge on any atom is 0.300 e. The minimum atomic E-state index is -0.647. The van der Waals surface area contributed by atoms with Gasteiger partial charge < -0.3 is 25.0 Å². The molecule has 0 bridgehead atoms. The number of aromatic nitrogens is 2. The Labute approximate surface area is 259 Å². The predicted molar refractivity (Wildman–Crippen MR) is 166 cm³/mol. The fraction of sp³-hybridized carbons (Fsp3) is 0.281. The first-order valence-electron chi connectivity index (χ1n) is 14.0. The van der Waals surface area contributed by atoms with E-state index in [9.17, 15) is 9.18 Å². The molecular weight excluding hydrogens is 590 g/mol. The summed E-state index contributed by atoms with van der Waals surface area (Å²) in [7, 11) is 2.10. The molecular formula is C32H31ClF2N6O3. The summed E-state index contributed by atoms with van der Waals surface area (Å²) in [5.74, 6) is 4.31. The van der Waals surface area contributed by atoms with Gasteiger partial charge in [-0.05, 0) is 49.7 Å². The number of nitrogens with zero attached hydrogens (tertiary/aromatic N) is 4. The molecule has 0 radical (unpaired) electrons. The number of amides is 1. The highest BCUT2D eigenvalue weighted by Gasteiger charge is 2.17. The summed E-state index contributed by atoms with van der Waals surface area (Å²) >= 11 is 6.41. The molecule has 2 heterocycles. The van der Waals surface area contributed by atoms with Crippen LogP contribution >= 0.6 is 11.6 Å². The number of piperazine rings is 1. The van der Waals surface area contributed by atoms with Gasteiger partial charge in [0, 0.05) is 50.2 Å². The third-order valence-corrected chi connectivity index (χ3v) is 7.34. The van der Waals surface area contributed by atoms with Crippen molar-refractivity contribution in [1.29, 1.82) is 0 Å². The van der Waals surface area contributed by atoms with Crippen LogP contribution in [0, 0.1) is 23.5 Å². The molecule has 0 spiro atoms. The van der Waals surface area contributed by atoms with Crippen molar-refractivity contribution in [2.24, 2.45) is 0 Å². The number of carbonyl (C=O) groups is 1. The van der Waals surface area contributed by atoms with Gasteiger partial charge in [-0.15, -0.1) is 0 Å². The lowest BCUT2D eigenvalue weighted by molar-refractivity contribution is -0.111. The van der Waals surface area contributed by atoms with E-state index in [0.29, 0.717) is 34.5 Å². The molecule has 44 heavy (non-hydrogen) atoms. The van der Waals surface area contributed by atoms with E-state index in [1.165, 1.54) is 24.5 Å². The minimum Gasteiger partial charge on any atom is -0.490 e. The predicted octanol–water partition coefficient (Wildman–Crippen LogP) is 5.47. The molecule has 2 N–H and O–H groups in total. The fourth-order valence-electron chi connectivity index (χ4n) is 4.67. The van der Waals surface area contributed by atoms with Crippen LogP contribution in [0.2, 0.25) is 5.02 Å². The van der Waals surface area contributed by atoms with Crippen molar-refractivity contribution in [3.63, 3.8) is 0 Å². The molecule has 0 saturated carbocycles. The number of halogens is 3. The van der Waals surface area contributed by atoms with Gasteiger partial charge in [0.1, 0.15) is 48.5 Å². The summed E-state index contributed by atoms with van der Waals surface area (Å²) in [6.07, 6.45) is 1.34. The molecule has 0 unspecified atom stereocenters. The second kappa shape index (κ2) is 14.3. The van der Waals surface area contributed by atoms with Crippen LogP contribution in [0.1, 0.15) is 12.5 Å². The van der Waals surface area contributed by atoms with E-state index in [1.54, 1.807) is 31.2 Å². The zero-order valence-corrected chi connectivity index (χ0v) is 25.0. The van der Waals surface area contributed by atoms with Crippen molar-refractivity contribution in [2.75, 3.05) is 57.0 Å². The first kappa shape index (κ1) is 30.9. The Bertz CT molecular complexity index is 1720. The normalized spacial score (nSPS) is 13.7. The second-order valence-electron chi connectivity index (χ2n) is 10.2. The zero-order chi connectivity index (χ0) is 31.1. The van der Waals surface area contributed by atoms with E-state index in [1.807, 2.05) is 0 Å². The number of anilines is 3. The van der Waals surface area contributed by atoms with Crippen LogP contribution in [-0.2, 0) is 11.4 Å². The number of carbonyl (C=O) groups excluding carboxylic acids is 1. The fourth-order valence-corrected chi connectivity index (χ4v) is 4.89. The van der Waals surface area contributed by atoms with Crippen LogP contribution in [0.25, 0.3) is 10.9 Å². The summed E-state index contributed by atoms with van der Waals surface area (Å²) in [5.41, 5.74) is 1.51. The molecule has 1 fully saturated rings. The lowest BCUT2D eigenvalue weighted by atomic mass is 10.1. The van der Waals surface area contributed by atoms with Crippen molar-refractivity contribution in [1.82, 2.24) is 19.8 Å². The Morgan fingerprint density at radius 2 is 1.84 bits per heavy atom. The van der Waals surface area contributed by atoms with Gasteiger partial charge in [0.05, 0.1) is 21.9 Å². The standard InChI is InChI=1S/C32H31ClF2N6O3/c1-3-5-31(42)38-28-15-23-26(18-30(28)43-13-12-41-10-8-40(2)9-11-41)36-20-37-32(23)39-27-16-24(33)29(17-25(27)35)44-19-21-6-4-7-22(34)14-21/h4,6-7,14-18,20H,8-13,19H2,1-2H3,(H,38,42)(H,36,37,39). The van der Waals surface area contributed by atoms with Gasteiger partial charge in [0.15, 0.2) is 0 Å². The smallest absolute Gasteiger partial charge is 0.300 e. The quantitative estimate of drug-likeness (QED) is 0.226. The molecule has 1 amide bonds. The van der Waals surface area contributed by atoms with Crippen molar-refractivity contribution in [2.45, 2.75) is 13.5 Å². The number of hydrogen-bond donors (Lipinski definition) is 2. The first-order valence-corrected chi connectivity index (χ1v) is 14.4. The van der Waals surface area contributed by atoms with Gasteiger partial charge in [0.2, 0.25) is 0 Å². The minimum absolute atomic E-state index is 0.0108. The van der Waals surface area contributed by atoms with Crippen LogP contribution in [0.4, 0.5) is 26.0 Å². The molecule has 4 aromatic rings. The van der Waals surface area contributed by atoms with Crippen molar-refractivity contribution >= 4 is 45.6 Å². The summed E-state index contributed by atoms with van der Waals surface area (Å²) in [4.78, 5) is 25.7. The number of likely N-dealkylation sites (N-methyl/N-ethyl adjacent to an activating group) is 1. The van der Waals surface area contributed by atoms with Crippen molar-refractivity contribution in [3.05, 3.63) is 77.1 Å². The molecule has 1 saturated heterocycles. The number of rotatable bonds is 10. The molecule has 1 aliphatic heterocycles. The molecule has 228 valence electrons. The molecule has 5 rings (SSSR count). The highest BCUT2D eigenvalue weighted by Crippen LogP contribution is 2.36. The summed E-state index contributed by atoms with van der Waals surface area (Å²) < 4.78 is 40.5. The Morgan fingerprint density at radius 3 is 2.61 bits per heavy atom. The van der Waals surface area contributed by atoms with E-state index in [2.05, 4.69) is 49.3 Å². The van der Waals surface area contributed by atoms with E-state index < -0.39 is 17.5 Å². The number of nitrogens with one attached hydrogen (secondary N) is 2. The summed E-state index contributed by atoms with van der Waals surface area (Å²) in [5, 5.41) is 6.39. The largest absolute Gasteiger partial charge is 0.490 e. The van der Waals surface area contributed by atoms with E-state index in [-0.39, 0.29) is 28.9 Å². The van der Waals surface area contributed by atoms with Crippen LogP contribution < -0.4 is 20.1 Å². The van der Waals surface area contributed by atoms with Crippen LogP contribution in [0.3, 0.4) is 0 Å². The summed E-state index contributed by atoms with van der Waals surface area (Å²) in [6.45, 7) is 6.62. The first-order chi connectivity index (χ1) is 21.3. The number of ether oxygens (including phenoxy) is 2. The molecule has 3 aromatic carbocycles. The average molecular weight is 621 g/mol. The van der Waals surface area contributed by atoms with Crippen molar-refractivity contribution in [3.8, 4) is 23.3 Å². The Morgan fingerprint density at radius 1 is 1.02 bits per heavy atom. The highest BCUT2D eigenvalue weighted by molar-refractivity contribution is 6.32. The topological polar surface area (TPSA) is 91.8 Å². The number of benzene rings is 3. The third kappa shape index (κ3) is 7.90. The van der Waals surface area contributed by atoms with Gasteiger partial charge in [-0.3, -0.25) is 9.69 Å². The highest BCUT2D eigenvalue weighted by atomic mass is 35.5. The van der Waals surface area contributed by atoms with E-state index >= 15 is 4.39 Å². The monoisotopic (exact) mass is 620 g/mol. The zero-order valence-electron chi connectivity index (χ0n) is 24.3. The van der Waals surface area contributed by atoms with E-state index in [4.69, 9.17) is 21.1 Å². The second-order valence-corrected chi connectivity index (χ2v) is 10.6. The van der Waals surface area contributed by atoms with Gasteiger partial charge >= 0.3 is 0 Å². The SMILES string of the molecule is CC#CC(=O)Nc1cc2c(Nc3cc(Cl)c(OCc4cccc(F)c4)cc3F)ncnc2cc1OCCN1CCN(C)CC1. The number of fused-ring (bicyclic) bond motifs is 1. The number of hydrogen-bond acceptors (Lipinski definition) is 8. The molecule has 12 heteroatoms. The molecule has 1 aliphatic rings. The molecule has 1 aromatic heterocycles. The Hall–Kier alpha value is -4.50. The van der Waals surface area contributed by atoms with Crippen LogP contribution in [-0.4, -0.2) is 72.1 Å². The van der Waals surface area contributed by atoms with E-state index in [0.717, 1.165) is 38.8 Å². The lowest BCUT2D eigenvalue weighted by Crippen LogP contribution is -2.45. The lowest BCUT2D eigenvalue weighted by Gasteiger charge is -2.32. The van der Waals surface area contributed by atoms with Crippen molar-refractivity contribution < 1.29 is 23.0 Å². The maximum atomic E-state index is 15.2. The van der Waals surface area contributed by atoms with Crippen LogP contribution in [0.15, 0.2) is 54.9 Å². The van der Waals surface area contributed by atoms with Gasteiger partial charge in [-0.25, -0.2) is 18.7 Å². The molecule has 0 atom stereocenters.